The van der Waals surface area contributed by atoms with Gasteiger partial charge in [-0.15, -0.1) is 0 Å². The first-order chi connectivity index (χ1) is 16.2. The Morgan fingerprint density at radius 2 is 2.06 bits per heavy atom. The van der Waals surface area contributed by atoms with Crippen LogP contribution in [0.5, 0.6) is 0 Å². The van der Waals surface area contributed by atoms with E-state index in [0.29, 0.717) is 33.7 Å². The number of esters is 1. The Kier molecular flexibility index (Phi) is 7.09. The van der Waals surface area contributed by atoms with Crippen LogP contribution in [-0.4, -0.2) is 51.6 Å². The van der Waals surface area contributed by atoms with E-state index in [-0.39, 0.29) is 29.7 Å². The van der Waals surface area contributed by atoms with Crippen LogP contribution < -0.4 is 10.6 Å². The number of methoxy groups -OCH3 is 1. The van der Waals surface area contributed by atoms with Crippen molar-refractivity contribution in [2.75, 3.05) is 32.1 Å². The highest BCUT2D eigenvalue weighted by molar-refractivity contribution is 7.92. The molecule has 1 saturated heterocycles. The molecule has 8 nitrogen and oxygen atoms in total. The molecule has 0 aliphatic carbocycles. The van der Waals surface area contributed by atoms with Crippen LogP contribution in [0.3, 0.4) is 0 Å². The molecule has 34 heavy (non-hydrogen) atoms. The van der Waals surface area contributed by atoms with Crippen molar-refractivity contribution < 1.29 is 22.7 Å². The summed E-state index contributed by atoms with van der Waals surface area (Å²) in [6.45, 7) is 5.05. The van der Waals surface area contributed by atoms with Gasteiger partial charge in [-0.2, -0.15) is 0 Å². The second-order valence-corrected chi connectivity index (χ2v) is 10.8. The number of sulfone groups is 1. The number of nitrogens with zero attached hydrogens (tertiary/aromatic N) is 1. The first kappa shape index (κ1) is 24.4. The zero-order chi connectivity index (χ0) is 24.5. The van der Waals surface area contributed by atoms with Crippen molar-refractivity contribution in [2.45, 2.75) is 30.1 Å². The Bertz CT molecular complexity index is 1340. The Labute approximate surface area is 203 Å². The van der Waals surface area contributed by atoms with Crippen molar-refractivity contribution in [1.82, 2.24) is 10.3 Å². The highest BCUT2D eigenvalue weighted by Gasteiger charge is 2.33. The van der Waals surface area contributed by atoms with Gasteiger partial charge in [0.25, 0.3) is 0 Å². The quantitative estimate of drug-likeness (QED) is 0.480. The molecule has 0 amide bonds. The molecule has 1 aromatic heterocycles. The minimum atomic E-state index is -3.95. The van der Waals surface area contributed by atoms with E-state index < -0.39 is 21.2 Å². The number of anilines is 2. The summed E-state index contributed by atoms with van der Waals surface area (Å²) < 4.78 is 37.7. The molecule has 0 radical (unpaired) electrons. The Balaban J connectivity index is 1.92. The summed E-state index contributed by atoms with van der Waals surface area (Å²) in [4.78, 5) is 16.9. The number of halogens is 1. The molecule has 180 valence electrons. The molecular weight excluding hydrogens is 478 g/mol. The van der Waals surface area contributed by atoms with E-state index in [1.165, 1.54) is 13.3 Å². The molecule has 0 saturated carbocycles. The van der Waals surface area contributed by atoms with Gasteiger partial charge in [0.2, 0.25) is 9.84 Å². The van der Waals surface area contributed by atoms with E-state index in [2.05, 4.69) is 15.6 Å². The van der Waals surface area contributed by atoms with Crippen LogP contribution in [0.2, 0.25) is 5.02 Å². The zero-order valence-electron chi connectivity index (χ0n) is 19.1. The van der Waals surface area contributed by atoms with E-state index in [1.54, 1.807) is 30.3 Å². The van der Waals surface area contributed by atoms with E-state index in [1.807, 2.05) is 19.9 Å². The maximum atomic E-state index is 13.6. The third kappa shape index (κ3) is 4.74. The summed E-state index contributed by atoms with van der Waals surface area (Å²) in [5.74, 6) is -0.351. The fourth-order valence-electron chi connectivity index (χ4n) is 3.82. The second kappa shape index (κ2) is 9.87. The van der Waals surface area contributed by atoms with E-state index in [4.69, 9.17) is 21.1 Å². The molecule has 10 heteroatoms. The zero-order valence-corrected chi connectivity index (χ0v) is 20.7. The van der Waals surface area contributed by atoms with Crippen LogP contribution in [0.4, 0.5) is 11.4 Å². The van der Waals surface area contributed by atoms with Gasteiger partial charge in [-0.25, -0.2) is 13.2 Å². The Morgan fingerprint density at radius 1 is 1.26 bits per heavy atom. The predicted octanol–water partition coefficient (Wildman–Crippen LogP) is 4.26. The monoisotopic (exact) mass is 503 g/mol. The van der Waals surface area contributed by atoms with Crippen LogP contribution in [0.1, 0.15) is 35.7 Å². The number of rotatable bonds is 6. The molecule has 2 aromatic carbocycles. The van der Waals surface area contributed by atoms with Gasteiger partial charge < -0.3 is 20.1 Å². The number of carbonyl (C=O) groups excluding carboxylic acids is 1. The molecule has 1 unspecified atom stereocenters. The smallest absolute Gasteiger partial charge is 0.339 e. The van der Waals surface area contributed by atoms with Crippen molar-refractivity contribution in [3.05, 3.63) is 58.7 Å². The first-order valence-electron chi connectivity index (χ1n) is 10.9. The van der Waals surface area contributed by atoms with Crippen LogP contribution in [0, 0.1) is 0 Å². The molecule has 2 heterocycles. The second-order valence-electron chi connectivity index (χ2n) is 8.28. The van der Waals surface area contributed by atoms with Gasteiger partial charge in [0.1, 0.15) is 4.90 Å². The van der Waals surface area contributed by atoms with E-state index in [9.17, 15) is 13.2 Å². The molecule has 0 spiro atoms. The largest absolute Gasteiger partial charge is 0.465 e. The SMILES string of the molecule is COC(=O)c1cc(C(C)C)ccc1Nc1c(S(=O)(=O)C2CNCCO2)cnc2ccc(Cl)cc12. The summed E-state index contributed by atoms with van der Waals surface area (Å²) in [5, 5.41) is 7.15. The number of carbonyl (C=O) groups is 1. The maximum Gasteiger partial charge on any atom is 0.339 e. The summed E-state index contributed by atoms with van der Waals surface area (Å²) in [6.07, 6.45) is 1.31. The number of hydrogen-bond acceptors (Lipinski definition) is 8. The number of morpholine rings is 1. The molecule has 1 aliphatic rings. The fraction of sp³-hybridized carbons (Fsp3) is 0.333. The number of hydrogen-bond donors (Lipinski definition) is 2. The third-order valence-corrected chi connectivity index (χ3v) is 7.87. The number of nitrogens with one attached hydrogen (secondary N) is 2. The van der Waals surface area contributed by atoms with Gasteiger partial charge in [-0.3, -0.25) is 4.98 Å². The summed E-state index contributed by atoms with van der Waals surface area (Å²) in [6, 6.07) is 10.4. The average molecular weight is 504 g/mol. The number of benzene rings is 2. The van der Waals surface area contributed by atoms with Crippen LogP contribution in [0.25, 0.3) is 10.9 Å². The van der Waals surface area contributed by atoms with Gasteiger partial charge in [0.05, 0.1) is 36.2 Å². The lowest BCUT2D eigenvalue weighted by molar-refractivity contribution is 0.0601. The summed E-state index contributed by atoms with van der Waals surface area (Å²) >= 11 is 6.25. The molecule has 0 bridgehead atoms. The Morgan fingerprint density at radius 3 is 2.74 bits per heavy atom. The lowest BCUT2D eigenvalue weighted by Crippen LogP contribution is -2.43. The minimum absolute atomic E-state index is 0.0419. The minimum Gasteiger partial charge on any atom is -0.465 e. The van der Waals surface area contributed by atoms with Crippen LogP contribution in [0.15, 0.2) is 47.5 Å². The van der Waals surface area contributed by atoms with Gasteiger partial charge in [0.15, 0.2) is 5.44 Å². The summed E-state index contributed by atoms with van der Waals surface area (Å²) in [5.41, 5.74) is 1.39. The number of aromatic nitrogens is 1. The molecule has 3 aromatic rings. The molecule has 1 fully saturated rings. The molecule has 2 N–H and O–H groups in total. The lowest BCUT2D eigenvalue weighted by atomic mass is 9.99. The van der Waals surface area contributed by atoms with Gasteiger partial charge >= 0.3 is 5.97 Å². The normalized spacial score (nSPS) is 16.6. The molecule has 1 aliphatic heterocycles. The topological polar surface area (TPSA) is 107 Å². The van der Waals surface area contributed by atoms with Crippen molar-refractivity contribution in [3.8, 4) is 0 Å². The number of pyridine rings is 1. The fourth-order valence-corrected chi connectivity index (χ4v) is 5.53. The van der Waals surface area contributed by atoms with Gasteiger partial charge in [-0.1, -0.05) is 31.5 Å². The third-order valence-electron chi connectivity index (χ3n) is 5.72. The molecule has 1 atom stereocenters. The van der Waals surface area contributed by atoms with Gasteiger partial charge in [0, 0.05) is 29.7 Å². The predicted molar refractivity (Wildman–Crippen MR) is 132 cm³/mol. The Hall–Kier alpha value is -2.72. The highest BCUT2D eigenvalue weighted by atomic mass is 35.5. The first-order valence-corrected chi connectivity index (χ1v) is 12.8. The van der Waals surface area contributed by atoms with Crippen LogP contribution in [-0.2, 0) is 19.3 Å². The van der Waals surface area contributed by atoms with Crippen molar-refractivity contribution in [2.24, 2.45) is 0 Å². The van der Waals surface area contributed by atoms with Gasteiger partial charge in [-0.05, 0) is 41.8 Å². The lowest BCUT2D eigenvalue weighted by Gasteiger charge is -2.25. The summed E-state index contributed by atoms with van der Waals surface area (Å²) in [7, 11) is -2.64. The standard InChI is InChI=1S/C24H26ClN3O5S/c1-14(2)15-4-6-20(18(10-15)24(29)32-3)28-23-17-11-16(25)5-7-19(17)27-12-21(23)34(30,31)22-13-26-8-9-33-22/h4-7,10-12,14,22,26H,8-9,13H2,1-3H3,(H,27,28). The van der Waals surface area contributed by atoms with Crippen LogP contribution >= 0.6 is 11.6 Å². The molecule has 4 rings (SSSR count). The molecular formula is C24H26ClN3O5S. The maximum absolute atomic E-state index is 13.6. The number of fused-ring (bicyclic) bond motifs is 1. The van der Waals surface area contributed by atoms with E-state index in [0.717, 1.165) is 5.56 Å². The van der Waals surface area contributed by atoms with E-state index >= 15 is 0 Å². The highest BCUT2D eigenvalue weighted by Crippen LogP contribution is 2.37. The van der Waals surface area contributed by atoms with Crippen molar-refractivity contribution >= 4 is 49.7 Å². The van der Waals surface area contributed by atoms with Crippen molar-refractivity contribution in [1.29, 1.82) is 0 Å². The number of ether oxygens (including phenoxy) is 2. The average Bonchev–Trinajstić information content (AvgIpc) is 2.84. The van der Waals surface area contributed by atoms with Crippen molar-refractivity contribution in [3.63, 3.8) is 0 Å².